The van der Waals surface area contributed by atoms with Gasteiger partial charge in [0.15, 0.2) is 0 Å². The summed E-state index contributed by atoms with van der Waals surface area (Å²) >= 11 is 6.14. The van der Waals surface area contributed by atoms with Gasteiger partial charge >= 0.3 is 12.1 Å². The van der Waals surface area contributed by atoms with Crippen molar-refractivity contribution in [3.8, 4) is 0 Å². The SMILES string of the molecule is Cc1ccc(NC(=O)N2CCCCC(NC(=O)N3CCN(c4cc(N)nc5cc(Cl)ccc45)CC3)C2=O)cc1. The van der Waals surface area contributed by atoms with Crippen molar-refractivity contribution >= 4 is 57.7 Å². The van der Waals surface area contributed by atoms with Gasteiger partial charge in [-0.15, -0.1) is 0 Å². The Morgan fingerprint density at radius 1 is 0.974 bits per heavy atom. The topological polar surface area (TPSA) is 124 Å². The summed E-state index contributed by atoms with van der Waals surface area (Å²) in [6.07, 6.45) is 1.91. The Balaban J connectivity index is 1.20. The fourth-order valence-corrected chi connectivity index (χ4v) is 5.23. The standard InChI is InChI=1S/C28H32ClN7O3/c1-18-5-8-20(9-6-18)31-28(39)36-11-3-2-4-22(26(36)37)33-27(38)35-14-12-34(13-15-35)24-17-25(30)32-23-16-19(29)7-10-21(23)24/h5-10,16-17,22H,2-4,11-15H2,1H3,(H2,30,32)(H,31,39)(H,33,38). The monoisotopic (exact) mass is 549 g/mol. The van der Waals surface area contributed by atoms with Gasteiger partial charge in [-0.2, -0.15) is 0 Å². The number of imide groups is 1. The molecule has 1 atom stereocenters. The minimum absolute atomic E-state index is 0.306. The molecule has 10 nitrogen and oxygen atoms in total. The minimum atomic E-state index is -0.754. The fraction of sp³-hybridized carbons (Fsp3) is 0.357. The van der Waals surface area contributed by atoms with E-state index in [1.165, 1.54) is 4.90 Å². The van der Waals surface area contributed by atoms with Crippen molar-refractivity contribution in [3.63, 3.8) is 0 Å². The van der Waals surface area contributed by atoms with Crippen LogP contribution in [0, 0.1) is 6.92 Å². The highest BCUT2D eigenvalue weighted by Crippen LogP contribution is 2.30. The molecule has 2 aliphatic rings. The molecule has 11 heteroatoms. The second-order valence-electron chi connectivity index (χ2n) is 9.99. The van der Waals surface area contributed by atoms with Crippen LogP contribution in [0.15, 0.2) is 48.5 Å². The molecule has 204 valence electrons. The highest BCUT2D eigenvalue weighted by molar-refractivity contribution is 6.31. The molecule has 39 heavy (non-hydrogen) atoms. The number of likely N-dealkylation sites (tertiary alicyclic amines) is 1. The first kappa shape index (κ1) is 26.6. The van der Waals surface area contributed by atoms with Crippen molar-refractivity contribution < 1.29 is 14.4 Å². The van der Waals surface area contributed by atoms with Gasteiger partial charge in [-0.25, -0.2) is 14.6 Å². The molecule has 0 spiro atoms. The number of carbonyl (C=O) groups is 3. The molecule has 2 aromatic carbocycles. The Morgan fingerprint density at radius 3 is 2.46 bits per heavy atom. The number of nitrogen functional groups attached to an aromatic ring is 1. The smallest absolute Gasteiger partial charge is 0.328 e. The molecule has 5 amide bonds. The minimum Gasteiger partial charge on any atom is -0.384 e. The summed E-state index contributed by atoms with van der Waals surface area (Å²) in [6, 6.07) is 13.2. The van der Waals surface area contributed by atoms with Crippen LogP contribution in [0.1, 0.15) is 24.8 Å². The van der Waals surface area contributed by atoms with E-state index in [9.17, 15) is 14.4 Å². The molecule has 2 saturated heterocycles. The Hall–Kier alpha value is -4.05. The second kappa shape index (κ2) is 11.4. The van der Waals surface area contributed by atoms with Gasteiger partial charge in [-0.1, -0.05) is 29.3 Å². The van der Waals surface area contributed by atoms with Gasteiger partial charge in [0, 0.05) is 60.6 Å². The van der Waals surface area contributed by atoms with E-state index in [-0.39, 0.29) is 11.9 Å². The Labute approximate surface area is 232 Å². The predicted molar refractivity (Wildman–Crippen MR) is 153 cm³/mol. The normalized spacial score (nSPS) is 18.2. The molecule has 3 heterocycles. The summed E-state index contributed by atoms with van der Waals surface area (Å²) < 4.78 is 0. The number of amides is 5. The third-order valence-corrected chi connectivity index (χ3v) is 7.45. The van der Waals surface area contributed by atoms with Crippen LogP contribution in [0.4, 0.5) is 26.8 Å². The van der Waals surface area contributed by atoms with Crippen LogP contribution < -0.4 is 21.3 Å². The predicted octanol–water partition coefficient (Wildman–Crippen LogP) is 4.22. The van der Waals surface area contributed by atoms with E-state index in [1.54, 1.807) is 23.1 Å². The van der Waals surface area contributed by atoms with Crippen LogP contribution in [0.5, 0.6) is 0 Å². The van der Waals surface area contributed by atoms with Gasteiger partial charge in [0.05, 0.1) is 5.52 Å². The van der Waals surface area contributed by atoms with Crippen LogP contribution in [0.2, 0.25) is 5.02 Å². The first-order valence-electron chi connectivity index (χ1n) is 13.1. The number of anilines is 3. The molecule has 2 aliphatic heterocycles. The zero-order valence-corrected chi connectivity index (χ0v) is 22.6. The van der Waals surface area contributed by atoms with Gasteiger partial charge < -0.3 is 26.2 Å². The van der Waals surface area contributed by atoms with Crippen LogP contribution in [-0.2, 0) is 4.79 Å². The fourth-order valence-electron chi connectivity index (χ4n) is 5.06. The number of benzene rings is 2. The maximum Gasteiger partial charge on any atom is 0.328 e. The molecule has 1 unspecified atom stereocenters. The molecule has 5 rings (SSSR count). The highest BCUT2D eigenvalue weighted by Gasteiger charge is 2.33. The summed E-state index contributed by atoms with van der Waals surface area (Å²) in [6.45, 7) is 4.42. The largest absolute Gasteiger partial charge is 0.384 e. The van der Waals surface area contributed by atoms with Gasteiger partial charge in [-0.3, -0.25) is 9.69 Å². The number of pyridine rings is 1. The van der Waals surface area contributed by atoms with E-state index >= 15 is 0 Å². The van der Waals surface area contributed by atoms with Crippen molar-refractivity contribution in [2.75, 3.05) is 48.7 Å². The van der Waals surface area contributed by atoms with Crippen molar-refractivity contribution in [1.29, 1.82) is 0 Å². The second-order valence-corrected chi connectivity index (χ2v) is 10.4. The first-order chi connectivity index (χ1) is 18.8. The van der Waals surface area contributed by atoms with E-state index in [0.29, 0.717) is 62.1 Å². The van der Waals surface area contributed by atoms with Crippen LogP contribution in [0.3, 0.4) is 0 Å². The molecule has 1 aromatic heterocycles. The summed E-state index contributed by atoms with van der Waals surface area (Å²) in [5, 5.41) is 7.21. The zero-order valence-electron chi connectivity index (χ0n) is 21.8. The van der Waals surface area contributed by atoms with Crippen molar-refractivity contribution in [1.82, 2.24) is 20.1 Å². The lowest BCUT2D eigenvalue weighted by molar-refractivity contribution is -0.129. The van der Waals surface area contributed by atoms with E-state index in [2.05, 4.69) is 20.5 Å². The highest BCUT2D eigenvalue weighted by atomic mass is 35.5. The summed E-state index contributed by atoms with van der Waals surface area (Å²) in [4.78, 5) is 48.8. The molecule has 0 aliphatic carbocycles. The number of aryl methyl sites for hydroxylation is 1. The number of fused-ring (bicyclic) bond motifs is 1. The molecule has 0 saturated carbocycles. The number of nitrogens with two attached hydrogens (primary N) is 1. The third-order valence-electron chi connectivity index (χ3n) is 7.21. The number of hydrogen-bond acceptors (Lipinski definition) is 6. The molecule has 3 aromatic rings. The Morgan fingerprint density at radius 2 is 1.72 bits per heavy atom. The summed E-state index contributed by atoms with van der Waals surface area (Å²) in [7, 11) is 0. The number of aromatic nitrogens is 1. The molecule has 2 fully saturated rings. The maximum atomic E-state index is 13.3. The summed E-state index contributed by atoms with van der Waals surface area (Å²) in [5.41, 5.74) is 9.41. The quantitative estimate of drug-likeness (QED) is 0.449. The van der Waals surface area contributed by atoms with Crippen LogP contribution in [0.25, 0.3) is 10.9 Å². The van der Waals surface area contributed by atoms with Gasteiger partial charge in [0.25, 0.3) is 5.91 Å². The maximum absolute atomic E-state index is 13.3. The average molecular weight is 550 g/mol. The third kappa shape index (κ3) is 6.01. The number of hydrogen-bond donors (Lipinski definition) is 3. The van der Waals surface area contributed by atoms with E-state index < -0.39 is 12.1 Å². The lowest BCUT2D eigenvalue weighted by atomic mass is 10.1. The molecule has 0 radical (unpaired) electrons. The molecular formula is C28H32ClN7O3. The van der Waals surface area contributed by atoms with Crippen molar-refractivity contribution in [2.24, 2.45) is 0 Å². The number of nitrogens with zero attached hydrogens (tertiary/aromatic N) is 4. The van der Waals surface area contributed by atoms with Crippen LogP contribution in [-0.4, -0.2) is 71.5 Å². The molecular weight excluding hydrogens is 518 g/mol. The number of piperazine rings is 1. The Bertz CT molecular complexity index is 1380. The lowest BCUT2D eigenvalue weighted by Crippen LogP contribution is -2.56. The number of rotatable bonds is 3. The van der Waals surface area contributed by atoms with Crippen molar-refractivity contribution in [3.05, 3.63) is 59.1 Å². The first-order valence-corrected chi connectivity index (χ1v) is 13.5. The van der Waals surface area contributed by atoms with Crippen molar-refractivity contribution in [2.45, 2.75) is 32.2 Å². The van der Waals surface area contributed by atoms with Gasteiger partial charge in [0.1, 0.15) is 11.9 Å². The zero-order chi connectivity index (χ0) is 27.5. The number of urea groups is 2. The summed E-state index contributed by atoms with van der Waals surface area (Å²) in [5.74, 6) is 0.0178. The average Bonchev–Trinajstić information content (AvgIpc) is 3.10. The number of nitrogens with one attached hydrogen (secondary N) is 2. The van der Waals surface area contributed by atoms with Crippen LogP contribution >= 0.6 is 11.6 Å². The lowest BCUT2D eigenvalue weighted by Gasteiger charge is -2.37. The molecule has 4 N–H and O–H groups in total. The van der Waals surface area contributed by atoms with E-state index in [4.69, 9.17) is 17.3 Å². The Kier molecular flexibility index (Phi) is 7.74. The van der Waals surface area contributed by atoms with Gasteiger partial charge in [0.2, 0.25) is 0 Å². The number of halogens is 1. The molecule has 0 bridgehead atoms. The van der Waals surface area contributed by atoms with E-state index in [0.717, 1.165) is 28.6 Å². The van der Waals surface area contributed by atoms with Gasteiger partial charge in [-0.05, 0) is 56.5 Å². The number of carbonyl (C=O) groups excluding carboxylic acids is 3. The van der Waals surface area contributed by atoms with E-state index in [1.807, 2.05) is 37.3 Å².